The third kappa shape index (κ3) is 3.52. The normalized spacial score (nSPS) is 11.6. The summed E-state index contributed by atoms with van der Waals surface area (Å²) in [5.41, 5.74) is 1.54. The second kappa shape index (κ2) is 7.18. The Morgan fingerprint density at radius 2 is 1.82 bits per heavy atom. The fraction of sp³-hybridized carbons (Fsp3) is 0.235. The number of para-hydroxylation sites is 2. The number of rotatable bonds is 4. The standard InChI is InChI=1S/C17H19ClN2O2/c1-12(13-8-4-7-11-16(13)22-3)20(2)17(21)19-15-10-6-5-9-14(15)18/h4-12H,1-3H3,(H,19,21). The Kier molecular flexibility index (Phi) is 5.28. The topological polar surface area (TPSA) is 41.6 Å². The van der Waals surface area contributed by atoms with Gasteiger partial charge in [0.05, 0.1) is 23.9 Å². The van der Waals surface area contributed by atoms with Crippen LogP contribution < -0.4 is 10.1 Å². The highest BCUT2D eigenvalue weighted by atomic mass is 35.5. The van der Waals surface area contributed by atoms with Crippen LogP contribution in [0.2, 0.25) is 5.02 Å². The van der Waals surface area contributed by atoms with Gasteiger partial charge in [-0.05, 0) is 25.1 Å². The first kappa shape index (κ1) is 16.2. The molecule has 0 aromatic heterocycles. The molecular formula is C17H19ClN2O2. The van der Waals surface area contributed by atoms with Crippen molar-refractivity contribution in [1.82, 2.24) is 4.90 Å². The van der Waals surface area contributed by atoms with Crippen molar-refractivity contribution in [2.24, 2.45) is 0 Å². The van der Waals surface area contributed by atoms with Crippen LogP contribution in [0, 0.1) is 0 Å². The maximum absolute atomic E-state index is 12.4. The number of carbonyl (C=O) groups is 1. The number of halogens is 1. The third-order valence-electron chi connectivity index (χ3n) is 3.61. The molecule has 0 aliphatic rings. The number of methoxy groups -OCH3 is 1. The Morgan fingerprint density at radius 3 is 2.50 bits per heavy atom. The lowest BCUT2D eigenvalue weighted by molar-refractivity contribution is 0.207. The molecule has 0 radical (unpaired) electrons. The minimum absolute atomic E-state index is 0.140. The van der Waals surface area contributed by atoms with E-state index in [-0.39, 0.29) is 12.1 Å². The molecule has 1 unspecified atom stereocenters. The van der Waals surface area contributed by atoms with Gasteiger partial charge in [0, 0.05) is 12.6 Å². The number of benzene rings is 2. The van der Waals surface area contributed by atoms with Crippen LogP contribution in [0.4, 0.5) is 10.5 Å². The van der Waals surface area contributed by atoms with Gasteiger partial charge in [-0.25, -0.2) is 4.79 Å². The number of nitrogens with zero attached hydrogens (tertiary/aromatic N) is 1. The molecule has 2 aromatic rings. The van der Waals surface area contributed by atoms with Crippen LogP contribution in [0.1, 0.15) is 18.5 Å². The van der Waals surface area contributed by atoms with Crippen LogP contribution in [0.5, 0.6) is 5.75 Å². The molecule has 5 heteroatoms. The summed E-state index contributed by atoms with van der Waals surface area (Å²) in [5, 5.41) is 3.32. The van der Waals surface area contributed by atoms with Gasteiger partial charge in [-0.15, -0.1) is 0 Å². The second-order valence-electron chi connectivity index (χ2n) is 4.94. The van der Waals surface area contributed by atoms with Crippen molar-refractivity contribution in [1.29, 1.82) is 0 Å². The molecule has 0 aliphatic heterocycles. The van der Waals surface area contributed by atoms with Gasteiger partial charge in [0.2, 0.25) is 0 Å². The predicted octanol–water partition coefficient (Wildman–Crippen LogP) is 4.57. The summed E-state index contributed by atoms with van der Waals surface area (Å²) in [6.07, 6.45) is 0. The number of amides is 2. The highest BCUT2D eigenvalue weighted by molar-refractivity contribution is 6.33. The van der Waals surface area contributed by atoms with Gasteiger partial charge in [-0.1, -0.05) is 41.9 Å². The molecular weight excluding hydrogens is 300 g/mol. The number of hydrogen-bond donors (Lipinski definition) is 1. The summed E-state index contributed by atoms with van der Waals surface area (Å²) in [4.78, 5) is 14.0. The molecule has 2 rings (SSSR count). The number of ether oxygens (including phenoxy) is 1. The molecule has 22 heavy (non-hydrogen) atoms. The lowest BCUT2D eigenvalue weighted by Gasteiger charge is -2.27. The lowest BCUT2D eigenvalue weighted by atomic mass is 10.1. The maximum Gasteiger partial charge on any atom is 0.322 e. The molecule has 0 fully saturated rings. The molecule has 2 aromatic carbocycles. The summed E-state index contributed by atoms with van der Waals surface area (Å²) >= 11 is 6.06. The third-order valence-corrected chi connectivity index (χ3v) is 3.94. The van der Waals surface area contributed by atoms with E-state index in [4.69, 9.17) is 16.3 Å². The highest BCUT2D eigenvalue weighted by Gasteiger charge is 2.20. The summed E-state index contributed by atoms with van der Waals surface area (Å²) in [6.45, 7) is 1.95. The summed E-state index contributed by atoms with van der Waals surface area (Å²) in [7, 11) is 3.36. The van der Waals surface area contributed by atoms with E-state index in [0.29, 0.717) is 10.7 Å². The minimum Gasteiger partial charge on any atom is -0.496 e. The van der Waals surface area contributed by atoms with Crippen LogP contribution >= 0.6 is 11.6 Å². The quantitative estimate of drug-likeness (QED) is 0.897. The lowest BCUT2D eigenvalue weighted by Crippen LogP contribution is -2.33. The minimum atomic E-state index is -0.230. The van der Waals surface area contributed by atoms with Gasteiger partial charge in [0.15, 0.2) is 0 Å². The van der Waals surface area contributed by atoms with Crippen molar-refractivity contribution >= 4 is 23.3 Å². The van der Waals surface area contributed by atoms with Crippen LogP contribution in [-0.4, -0.2) is 25.1 Å². The van der Waals surface area contributed by atoms with Crippen LogP contribution in [0.15, 0.2) is 48.5 Å². The number of urea groups is 1. The number of carbonyl (C=O) groups excluding carboxylic acids is 1. The van der Waals surface area contributed by atoms with E-state index in [0.717, 1.165) is 11.3 Å². The molecule has 0 heterocycles. The van der Waals surface area contributed by atoms with Crippen molar-refractivity contribution in [3.05, 3.63) is 59.1 Å². The van der Waals surface area contributed by atoms with E-state index in [1.54, 1.807) is 31.2 Å². The van der Waals surface area contributed by atoms with Crippen molar-refractivity contribution in [2.75, 3.05) is 19.5 Å². The zero-order valence-corrected chi connectivity index (χ0v) is 13.6. The average Bonchev–Trinajstić information content (AvgIpc) is 2.55. The molecule has 0 spiro atoms. The van der Waals surface area contributed by atoms with Crippen molar-refractivity contribution < 1.29 is 9.53 Å². The van der Waals surface area contributed by atoms with E-state index < -0.39 is 0 Å². The van der Waals surface area contributed by atoms with E-state index in [2.05, 4.69) is 5.32 Å². The summed E-state index contributed by atoms with van der Waals surface area (Å²) in [6, 6.07) is 14.4. The fourth-order valence-corrected chi connectivity index (χ4v) is 2.35. The van der Waals surface area contributed by atoms with Crippen LogP contribution in [0.3, 0.4) is 0 Å². The average molecular weight is 319 g/mol. The van der Waals surface area contributed by atoms with Gasteiger partial charge in [-0.2, -0.15) is 0 Å². The molecule has 0 saturated heterocycles. The number of nitrogens with one attached hydrogen (secondary N) is 1. The predicted molar refractivity (Wildman–Crippen MR) is 89.6 cm³/mol. The zero-order chi connectivity index (χ0) is 16.1. The van der Waals surface area contributed by atoms with Gasteiger partial charge in [0.25, 0.3) is 0 Å². The van der Waals surface area contributed by atoms with E-state index in [9.17, 15) is 4.79 Å². The Hall–Kier alpha value is -2.20. The fourth-order valence-electron chi connectivity index (χ4n) is 2.16. The Morgan fingerprint density at radius 1 is 1.18 bits per heavy atom. The van der Waals surface area contributed by atoms with Gasteiger partial charge in [0.1, 0.15) is 5.75 Å². The Labute approximate surface area is 135 Å². The Balaban J connectivity index is 2.15. The van der Waals surface area contributed by atoms with E-state index >= 15 is 0 Å². The largest absolute Gasteiger partial charge is 0.496 e. The summed E-state index contributed by atoms with van der Waals surface area (Å²) in [5.74, 6) is 0.757. The van der Waals surface area contributed by atoms with Crippen molar-refractivity contribution in [2.45, 2.75) is 13.0 Å². The number of hydrogen-bond acceptors (Lipinski definition) is 2. The molecule has 0 bridgehead atoms. The zero-order valence-electron chi connectivity index (χ0n) is 12.8. The molecule has 1 atom stereocenters. The van der Waals surface area contributed by atoms with Crippen molar-refractivity contribution in [3.8, 4) is 5.75 Å². The molecule has 2 amide bonds. The van der Waals surface area contributed by atoms with Crippen LogP contribution in [0.25, 0.3) is 0 Å². The highest BCUT2D eigenvalue weighted by Crippen LogP contribution is 2.29. The van der Waals surface area contributed by atoms with Crippen LogP contribution in [-0.2, 0) is 0 Å². The molecule has 116 valence electrons. The van der Waals surface area contributed by atoms with Gasteiger partial charge >= 0.3 is 6.03 Å². The SMILES string of the molecule is COc1ccccc1C(C)N(C)C(=O)Nc1ccccc1Cl. The molecule has 4 nitrogen and oxygen atoms in total. The van der Waals surface area contributed by atoms with Gasteiger partial charge < -0.3 is 15.0 Å². The maximum atomic E-state index is 12.4. The smallest absolute Gasteiger partial charge is 0.322 e. The first-order valence-corrected chi connectivity index (χ1v) is 7.33. The monoisotopic (exact) mass is 318 g/mol. The second-order valence-corrected chi connectivity index (χ2v) is 5.35. The van der Waals surface area contributed by atoms with E-state index in [1.807, 2.05) is 43.3 Å². The van der Waals surface area contributed by atoms with Crippen molar-refractivity contribution in [3.63, 3.8) is 0 Å². The first-order valence-electron chi connectivity index (χ1n) is 6.96. The Bertz CT molecular complexity index is 661. The first-order chi connectivity index (χ1) is 10.5. The molecule has 1 N–H and O–H groups in total. The number of anilines is 1. The molecule has 0 saturated carbocycles. The molecule has 0 aliphatic carbocycles. The summed E-state index contributed by atoms with van der Waals surface area (Å²) < 4.78 is 5.35. The van der Waals surface area contributed by atoms with E-state index in [1.165, 1.54) is 0 Å². The van der Waals surface area contributed by atoms with Gasteiger partial charge in [-0.3, -0.25) is 0 Å².